The Morgan fingerprint density at radius 2 is 2.05 bits per heavy atom. The van der Waals surface area contributed by atoms with Gasteiger partial charge in [-0.3, -0.25) is 9.69 Å². The summed E-state index contributed by atoms with van der Waals surface area (Å²) in [6, 6.07) is 11.8. The number of carbonyl (C=O) groups is 1. The van der Waals surface area contributed by atoms with Crippen molar-refractivity contribution in [3.05, 3.63) is 58.2 Å². The highest BCUT2D eigenvalue weighted by Gasteiger charge is 2.09. The molecule has 0 unspecified atom stereocenters. The number of hydrogen-bond donors (Lipinski definition) is 1. The van der Waals surface area contributed by atoms with Crippen LogP contribution in [0.25, 0.3) is 0 Å². The summed E-state index contributed by atoms with van der Waals surface area (Å²) in [6.45, 7) is 3.15. The van der Waals surface area contributed by atoms with Crippen molar-refractivity contribution in [3.63, 3.8) is 0 Å². The number of amides is 1. The number of rotatable bonds is 5. The number of nitrogens with zero attached hydrogens (tertiary/aromatic N) is 2. The van der Waals surface area contributed by atoms with Crippen LogP contribution < -0.4 is 5.32 Å². The number of nitrogens with one attached hydrogen (secondary N) is 1. The Labute approximate surface area is 133 Å². The lowest BCUT2D eigenvalue weighted by molar-refractivity contribution is -0.117. The van der Waals surface area contributed by atoms with Crippen LogP contribution in [0.2, 0.25) is 0 Å². The number of pyridine rings is 1. The second-order valence-corrected chi connectivity index (χ2v) is 5.92. The standard InChI is InChI=1S/C16H18BrN3O/c1-12-5-3-4-6-13(12)10-20(2)11-16(21)19-15-8-7-14(17)9-18-15/h3-9H,10-11H2,1-2H3,(H,18,19,21). The van der Waals surface area contributed by atoms with E-state index in [1.54, 1.807) is 12.3 Å². The number of likely N-dealkylation sites (N-methyl/N-ethyl adjacent to an activating group) is 1. The minimum absolute atomic E-state index is 0.0686. The van der Waals surface area contributed by atoms with Crippen molar-refractivity contribution in [2.24, 2.45) is 0 Å². The number of aromatic nitrogens is 1. The molecule has 0 aliphatic rings. The van der Waals surface area contributed by atoms with E-state index in [0.29, 0.717) is 12.4 Å². The van der Waals surface area contributed by atoms with Gasteiger partial charge in [0, 0.05) is 17.2 Å². The molecule has 4 nitrogen and oxygen atoms in total. The van der Waals surface area contributed by atoms with Gasteiger partial charge in [0.2, 0.25) is 5.91 Å². The zero-order chi connectivity index (χ0) is 15.2. The summed E-state index contributed by atoms with van der Waals surface area (Å²) in [5.74, 6) is 0.494. The van der Waals surface area contributed by atoms with Crippen molar-refractivity contribution in [3.8, 4) is 0 Å². The second kappa shape index (κ2) is 7.33. The average molecular weight is 348 g/mol. The zero-order valence-electron chi connectivity index (χ0n) is 12.1. The molecule has 0 radical (unpaired) electrons. The molecule has 5 heteroatoms. The summed E-state index contributed by atoms with van der Waals surface area (Å²) < 4.78 is 0.886. The third-order valence-electron chi connectivity index (χ3n) is 3.11. The van der Waals surface area contributed by atoms with Crippen molar-refractivity contribution in [2.75, 3.05) is 18.9 Å². The molecular formula is C16H18BrN3O. The van der Waals surface area contributed by atoms with Gasteiger partial charge in [-0.1, -0.05) is 24.3 Å². The van der Waals surface area contributed by atoms with Crippen LogP contribution in [0.15, 0.2) is 47.1 Å². The molecule has 1 heterocycles. The molecule has 21 heavy (non-hydrogen) atoms. The molecule has 1 amide bonds. The van der Waals surface area contributed by atoms with E-state index in [1.165, 1.54) is 11.1 Å². The molecule has 0 saturated heterocycles. The minimum Gasteiger partial charge on any atom is -0.310 e. The molecule has 1 aromatic carbocycles. The summed E-state index contributed by atoms with van der Waals surface area (Å²) in [5.41, 5.74) is 2.47. The van der Waals surface area contributed by atoms with Gasteiger partial charge in [-0.25, -0.2) is 4.98 Å². The van der Waals surface area contributed by atoms with Crippen LogP contribution in [-0.2, 0) is 11.3 Å². The van der Waals surface area contributed by atoms with Crippen LogP contribution in [-0.4, -0.2) is 29.4 Å². The van der Waals surface area contributed by atoms with Gasteiger partial charge in [0.15, 0.2) is 0 Å². The number of aryl methyl sites for hydroxylation is 1. The Hall–Kier alpha value is -1.72. The van der Waals surface area contributed by atoms with Crippen LogP contribution in [0.4, 0.5) is 5.82 Å². The van der Waals surface area contributed by atoms with E-state index in [2.05, 4.69) is 45.3 Å². The first-order valence-corrected chi connectivity index (χ1v) is 7.48. The smallest absolute Gasteiger partial charge is 0.239 e. The summed E-state index contributed by atoms with van der Waals surface area (Å²) >= 11 is 3.31. The van der Waals surface area contributed by atoms with Gasteiger partial charge in [-0.05, 0) is 53.2 Å². The number of hydrogen-bond acceptors (Lipinski definition) is 3. The lowest BCUT2D eigenvalue weighted by Crippen LogP contribution is -2.30. The minimum atomic E-state index is -0.0686. The van der Waals surface area contributed by atoms with E-state index in [4.69, 9.17) is 0 Å². The Morgan fingerprint density at radius 3 is 2.71 bits per heavy atom. The Bertz CT molecular complexity index is 613. The molecule has 1 N–H and O–H groups in total. The zero-order valence-corrected chi connectivity index (χ0v) is 13.7. The Kier molecular flexibility index (Phi) is 5.47. The molecular weight excluding hydrogens is 330 g/mol. The number of halogens is 1. The van der Waals surface area contributed by atoms with Crippen molar-refractivity contribution in [1.29, 1.82) is 0 Å². The molecule has 0 fully saturated rings. The first-order valence-electron chi connectivity index (χ1n) is 6.69. The molecule has 0 bridgehead atoms. The third kappa shape index (κ3) is 4.95. The fraction of sp³-hybridized carbons (Fsp3) is 0.250. The van der Waals surface area contributed by atoms with Crippen molar-refractivity contribution >= 4 is 27.7 Å². The fourth-order valence-electron chi connectivity index (χ4n) is 2.01. The highest BCUT2D eigenvalue weighted by molar-refractivity contribution is 9.10. The quantitative estimate of drug-likeness (QED) is 0.902. The maximum atomic E-state index is 12.0. The van der Waals surface area contributed by atoms with Crippen molar-refractivity contribution in [2.45, 2.75) is 13.5 Å². The Balaban J connectivity index is 1.87. The lowest BCUT2D eigenvalue weighted by atomic mass is 10.1. The van der Waals surface area contributed by atoms with Crippen LogP contribution in [0.3, 0.4) is 0 Å². The molecule has 0 spiro atoms. The number of benzene rings is 1. The van der Waals surface area contributed by atoms with Gasteiger partial charge < -0.3 is 5.32 Å². The average Bonchev–Trinajstić information content (AvgIpc) is 2.44. The van der Waals surface area contributed by atoms with Gasteiger partial charge in [0.25, 0.3) is 0 Å². The maximum absolute atomic E-state index is 12.0. The normalized spacial score (nSPS) is 10.7. The fourth-order valence-corrected chi connectivity index (χ4v) is 2.25. The maximum Gasteiger partial charge on any atom is 0.239 e. The monoisotopic (exact) mass is 347 g/mol. The predicted molar refractivity (Wildman–Crippen MR) is 88.1 cm³/mol. The lowest BCUT2D eigenvalue weighted by Gasteiger charge is -2.17. The SMILES string of the molecule is Cc1ccccc1CN(C)CC(=O)Nc1ccc(Br)cn1. The van der Waals surface area contributed by atoms with Crippen molar-refractivity contribution < 1.29 is 4.79 Å². The summed E-state index contributed by atoms with van der Waals surface area (Å²) in [4.78, 5) is 18.1. The van der Waals surface area contributed by atoms with E-state index >= 15 is 0 Å². The number of carbonyl (C=O) groups excluding carboxylic acids is 1. The molecule has 0 aliphatic heterocycles. The summed E-state index contributed by atoms with van der Waals surface area (Å²) in [5, 5.41) is 2.79. The van der Waals surface area contributed by atoms with Gasteiger partial charge >= 0.3 is 0 Å². The van der Waals surface area contributed by atoms with Crippen LogP contribution in [0.1, 0.15) is 11.1 Å². The van der Waals surface area contributed by atoms with Gasteiger partial charge in [-0.15, -0.1) is 0 Å². The first kappa shape index (κ1) is 15.7. The molecule has 2 rings (SSSR count). The molecule has 110 valence electrons. The van der Waals surface area contributed by atoms with E-state index in [0.717, 1.165) is 11.0 Å². The topological polar surface area (TPSA) is 45.2 Å². The van der Waals surface area contributed by atoms with Gasteiger partial charge in [-0.2, -0.15) is 0 Å². The molecule has 0 atom stereocenters. The van der Waals surface area contributed by atoms with E-state index in [1.807, 2.05) is 30.1 Å². The van der Waals surface area contributed by atoms with E-state index in [-0.39, 0.29) is 5.91 Å². The second-order valence-electron chi connectivity index (χ2n) is 5.01. The molecule has 0 saturated carbocycles. The predicted octanol–water partition coefficient (Wildman–Crippen LogP) is 3.22. The molecule has 1 aromatic heterocycles. The first-order chi connectivity index (χ1) is 10.0. The van der Waals surface area contributed by atoms with Crippen LogP contribution in [0.5, 0.6) is 0 Å². The van der Waals surface area contributed by atoms with Gasteiger partial charge in [0.1, 0.15) is 5.82 Å². The highest BCUT2D eigenvalue weighted by atomic mass is 79.9. The highest BCUT2D eigenvalue weighted by Crippen LogP contribution is 2.11. The summed E-state index contributed by atoms with van der Waals surface area (Å²) in [7, 11) is 1.93. The third-order valence-corrected chi connectivity index (χ3v) is 3.58. The molecule has 2 aromatic rings. The number of anilines is 1. The largest absolute Gasteiger partial charge is 0.310 e. The Morgan fingerprint density at radius 1 is 1.29 bits per heavy atom. The van der Waals surface area contributed by atoms with Crippen molar-refractivity contribution in [1.82, 2.24) is 9.88 Å². The van der Waals surface area contributed by atoms with E-state index in [9.17, 15) is 4.79 Å². The van der Waals surface area contributed by atoms with Gasteiger partial charge in [0.05, 0.1) is 6.54 Å². The van der Waals surface area contributed by atoms with Crippen LogP contribution >= 0.6 is 15.9 Å². The van der Waals surface area contributed by atoms with Crippen LogP contribution in [0, 0.1) is 6.92 Å². The van der Waals surface area contributed by atoms with E-state index < -0.39 is 0 Å². The molecule has 0 aliphatic carbocycles. The summed E-state index contributed by atoms with van der Waals surface area (Å²) in [6.07, 6.45) is 1.66.